The van der Waals surface area contributed by atoms with E-state index in [0.29, 0.717) is 0 Å². The van der Waals surface area contributed by atoms with Gasteiger partial charge < -0.3 is 5.11 Å². The van der Waals surface area contributed by atoms with Crippen LogP contribution in [0, 0.1) is 10.1 Å². The largest absolute Gasteiger partial charge is 0.392 e. The molecule has 0 aliphatic heterocycles. The smallest absolute Gasteiger partial charge is 0.269 e. The summed E-state index contributed by atoms with van der Waals surface area (Å²) in [6, 6.07) is 34.5. The highest BCUT2D eigenvalue weighted by Crippen LogP contribution is 2.22. The van der Waals surface area contributed by atoms with Gasteiger partial charge in [0.25, 0.3) is 5.69 Å². The Hall–Kier alpha value is -3.84. The number of hydrazine groups is 1. The van der Waals surface area contributed by atoms with Crippen molar-refractivity contribution >= 4 is 5.69 Å². The SMILES string of the molecule is C.NN.O=[N+]([O-])c1ccc(-c2ccccc2)cc1.OCc1ccc(-c2ccccc2)cc1. The maximum absolute atomic E-state index is 10.5. The zero-order valence-corrected chi connectivity index (χ0v) is 17.0. The number of benzene rings is 4. The standard InChI is InChI=1S/C13H12O.C12H9NO2.CH4.H4N2/c14-10-11-6-8-13(9-7-11)12-4-2-1-3-5-12;14-13(15)12-8-6-11(7-9-12)10-4-2-1-3-5-10;;1-2/h1-9,14H,10H2;1-9H;1H4;1-2H2. The van der Waals surface area contributed by atoms with Crippen LogP contribution in [-0.4, -0.2) is 10.0 Å². The first-order chi connectivity index (χ1) is 15.2. The van der Waals surface area contributed by atoms with Gasteiger partial charge in [-0.15, -0.1) is 0 Å². The highest BCUT2D eigenvalue weighted by atomic mass is 16.6. The summed E-state index contributed by atoms with van der Waals surface area (Å²) >= 11 is 0. The van der Waals surface area contributed by atoms with Crippen molar-refractivity contribution in [2.45, 2.75) is 14.0 Å². The molecule has 0 aromatic heterocycles. The summed E-state index contributed by atoms with van der Waals surface area (Å²) in [5, 5.41) is 19.4. The van der Waals surface area contributed by atoms with Gasteiger partial charge in [-0.2, -0.15) is 0 Å². The Morgan fingerprint density at radius 3 is 1.31 bits per heavy atom. The zero-order chi connectivity index (χ0) is 22.5. The van der Waals surface area contributed by atoms with E-state index < -0.39 is 4.92 Å². The average Bonchev–Trinajstić information content (AvgIpc) is 2.87. The molecule has 4 aromatic rings. The Morgan fingerprint density at radius 2 is 0.969 bits per heavy atom. The number of hydrogen-bond acceptors (Lipinski definition) is 5. The van der Waals surface area contributed by atoms with Crippen molar-refractivity contribution in [1.29, 1.82) is 0 Å². The number of nitro groups is 1. The summed E-state index contributed by atoms with van der Waals surface area (Å²) in [6.45, 7) is 0.106. The van der Waals surface area contributed by atoms with E-state index in [2.05, 4.69) is 23.8 Å². The lowest BCUT2D eigenvalue weighted by Gasteiger charge is -2.01. The third-order valence-electron chi connectivity index (χ3n) is 4.43. The monoisotopic (exact) mass is 431 g/mol. The fourth-order valence-corrected chi connectivity index (χ4v) is 2.84. The molecule has 4 rings (SSSR count). The Labute approximate surface area is 188 Å². The number of aliphatic hydroxyl groups is 1. The number of rotatable bonds is 4. The highest BCUT2D eigenvalue weighted by Gasteiger charge is 2.04. The van der Waals surface area contributed by atoms with Gasteiger partial charge >= 0.3 is 0 Å². The fraction of sp³-hybridized carbons (Fsp3) is 0.0769. The van der Waals surface area contributed by atoms with Crippen molar-refractivity contribution in [3.8, 4) is 22.3 Å². The summed E-state index contributed by atoms with van der Waals surface area (Å²) in [5.74, 6) is 8.00. The lowest BCUT2D eigenvalue weighted by atomic mass is 10.0. The lowest BCUT2D eigenvalue weighted by Crippen LogP contribution is -2.02. The third kappa shape index (κ3) is 7.77. The van der Waals surface area contributed by atoms with Crippen LogP contribution < -0.4 is 11.7 Å². The number of hydrogen-bond donors (Lipinski definition) is 3. The van der Waals surface area contributed by atoms with Crippen molar-refractivity contribution in [1.82, 2.24) is 0 Å². The predicted octanol–water partition coefficient (Wildman–Crippen LogP) is 5.56. The van der Waals surface area contributed by atoms with E-state index in [9.17, 15) is 10.1 Å². The van der Waals surface area contributed by atoms with E-state index in [4.69, 9.17) is 5.11 Å². The molecule has 0 aliphatic carbocycles. The molecule has 166 valence electrons. The second-order valence-corrected chi connectivity index (χ2v) is 6.39. The first-order valence-electron chi connectivity index (χ1n) is 9.56. The topological polar surface area (TPSA) is 115 Å². The van der Waals surface area contributed by atoms with E-state index in [-0.39, 0.29) is 19.7 Å². The van der Waals surface area contributed by atoms with Gasteiger partial charge in [0.1, 0.15) is 0 Å². The number of nitrogens with zero attached hydrogens (tertiary/aromatic N) is 1. The molecule has 0 atom stereocenters. The summed E-state index contributed by atoms with van der Waals surface area (Å²) in [4.78, 5) is 10.1. The van der Waals surface area contributed by atoms with Crippen LogP contribution in [0.4, 0.5) is 5.69 Å². The lowest BCUT2D eigenvalue weighted by molar-refractivity contribution is -0.384. The van der Waals surface area contributed by atoms with Gasteiger partial charge in [-0.3, -0.25) is 21.8 Å². The van der Waals surface area contributed by atoms with Crippen LogP contribution in [0.25, 0.3) is 22.3 Å². The average molecular weight is 432 g/mol. The molecule has 0 spiro atoms. The second kappa shape index (κ2) is 14.2. The van der Waals surface area contributed by atoms with Crippen LogP contribution in [0.5, 0.6) is 0 Å². The predicted molar refractivity (Wildman–Crippen MR) is 131 cm³/mol. The van der Waals surface area contributed by atoms with Crippen molar-refractivity contribution in [3.63, 3.8) is 0 Å². The Morgan fingerprint density at radius 1 is 0.625 bits per heavy atom. The summed E-state index contributed by atoms with van der Waals surface area (Å²) in [5.41, 5.74) is 5.51. The van der Waals surface area contributed by atoms with Crippen molar-refractivity contribution in [3.05, 3.63) is 125 Å². The molecule has 32 heavy (non-hydrogen) atoms. The van der Waals surface area contributed by atoms with E-state index in [1.807, 2.05) is 72.8 Å². The summed E-state index contributed by atoms with van der Waals surface area (Å²) in [6.07, 6.45) is 0. The van der Waals surface area contributed by atoms with E-state index in [1.54, 1.807) is 12.1 Å². The van der Waals surface area contributed by atoms with Gasteiger partial charge in [-0.25, -0.2) is 0 Å². The molecule has 6 heteroatoms. The van der Waals surface area contributed by atoms with Crippen LogP contribution in [0.1, 0.15) is 13.0 Å². The molecule has 0 fully saturated rings. The van der Waals surface area contributed by atoms with Crippen LogP contribution in [-0.2, 0) is 6.61 Å². The molecule has 0 saturated carbocycles. The van der Waals surface area contributed by atoms with Crippen LogP contribution in [0.15, 0.2) is 109 Å². The van der Waals surface area contributed by atoms with E-state index >= 15 is 0 Å². The fourth-order valence-electron chi connectivity index (χ4n) is 2.84. The number of aliphatic hydroxyl groups excluding tert-OH is 1. The minimum Gasteiger partial charge on any atom is -0.392 e. The summed E-state index contributed by atoms with van der Waals surface area (Å²) < 4.78 is 0. The molecule has 0 saturated heterocycles. The molecule has 4 aromatic carbocycles. The first-order valence-corrected chi connectivity index (χ1v) is 9.56. The van der Waals surface area contributed by atoms with Crippen LogP contribution in [0.2, 0.25) is 0 Å². The number of nitrogens with two attached hydrogens (primary N) is 2. The third-order valence-corrected chi connectivity index (χ3v) is 4.43. The van der Waals surface area contributed by atoms with Crippen molar-refractivity contribution < 1.29 is 10.0 Å². The Kier molecular flexibility index (Phi) is 11.6. The number of non-ortho nitro benzene ring substituents is 1. The maximum atomic E-state index is 10.5. The minimum atomic E-state index is -0.394. The van der Waals surface area contributed by atoms with Gasteiger partial charge in [0, 0.05) is 12.1 Å². The van der Waals surface area contributed by atoms with Crippen LogP contribution in [0.3, 0.4) is 0 Å². The molecule has 0 bridgehead atoms. The van der Waals surface area contributed by atoms with Crippen LogP contribution >= 0.6 is 0 Å². The van der Waals surface area contributed by atoms with Gasteiger partial charge in [-0.1, -0.05) is 92.4 Å². The summed E-state index contributed by atoms with van der Waals surface area (Å²) in [7, 11) is 0. The molecule has 0 heterocycles. The highest BCUT2D eigenvalue weighted by molar-refractivity contribution is 5.64. The van der Waals surface area contributed by atoms with Gasteiger partial charge in [0.2, 0.25) is 0 Å². The second-order valence-electron chi connectivity index (χ2n) is 6.39. The zero-order valence-electron chi connectivity index (χ0n) is 17.0. The van der Waals surface area contributed by atoms with Crippen molar-refractivity contribution in [2.75, 3.05) is 0 Å². The molecule has 0 aliphatic rings. The Balaban J connectivity index is 0.000000289. The van der Waals surface area contributed by atoms with Gasteiger partial charge in [0.15, 0.2) is 0 Å². The maximum Gasteiger partial charge on any atom is 0.269 e. The molecule has 5 N–H and O–H groups in total. The van der Waals surface area contributed by atoms with E-state index in [0.717, 1.165) is 16.7 Å². The molecular weight excluding hydrogens is 402 g/mol. The molecule has 0 amide bonds. The first kappa shape index (κ1) is 26.2. The molecule has 0 unspecified atom stereocenters. The van der Waals surface area contributed by atoms with Gasteiger partial charge in [-0.05, 0) is 39.9 Å². The van der Waals surface area contributed by atoms with Gasteiger partial charge in [0.05, 0.1) is 11.5 Å². The molecule has 0 radical (unpaired) electrons. The van der Waals surface area contributed by atoms with E-state index in [1.165, 1.54) is 23.3 Å². The normalized spacial score (nSPS) is 9.22. The minimum absolute atomic E-state index is 0. The van der Waals surface area contributed by atoms with Crippen molar-refractivity contribution in [2.24, 2.45) is 11.7 Å². The molecule has 6 nitrogen and oxygen atoms in total. The number of nitro benzene ring substituents is 1. The quantitative estimate of drug-likeness (QED) is 0.222. The Bertz CT molecular complexity index is 1040. The molecular formula is C26H29N3O3.